The van der Waals surface area contributed by atoms with Crippen LogP contribution in [0, 0.1) is 5.41 Å². The monoisotopic (exact) mass is 276 g/mol. The van der Waals surface area contributed by atoms with Gasteiger partial charge in [-0.3, -0.25) is 9.59 Å². The number of hydrogen-bond acceptors (Lipinski definition) is 4. The lowest BCUT2D eigenvalue weighted by atomic mass is 9.73. The molecule has 0 saturated carbocycles. The van der Waals surface area contributed by atoms with Crippen molar-refractivity contribution in [2.75, 3.05) is 0 Å². The zero-order valence-electron chi connectivity index (χ0n) is 12.4. The van der Waals surface area contributed by atoms with E-state index >= 15 is 0 Å². The van der Waals surface area contributed by atoms with Crippen molar-refractivity contribution in [1.82, 2.24) is 0 Å². The molecule has 0 aliphatic rings. The lowest BCUT2D eigenvalue weighted by molar-refractivity contribution is -0.416. The van der Waals surface area contributed by atoms with Crippen LogP contribution in [0.5, 0.6) is 0 Å². The maximum atomic E-state index is 11.4. The topological polar surface area (TPSA) is 93.1 Å². The summed E-state index contributed by atoms with van der Waals surface area (Å²) in [4.78, 5) is 32.6. The molecule has 0 fully saturated rings. The number of carbonyl (C=O) groups is 2. The molecule has 0 aromatic carbocycles. The predicted octanol–water partition coefficient (Wildman–Crippen LogP) is 2.47. The highest BCUT2D eigenvalue weighted by Gasteiger charge is 2.49. The van der Waals surface area contributed by atoms with Gasteiger partial charge in [-0.15, -0.1) is 0 Å². The van der Waals surface area contributed by atoms with Gasteiger partial charge in [-0.25, -0.2) is 9.78 Å². The van der Waals surface area contributed by atoms with Crippen molar-refractivity contribution < 1.29 is 29.6 Å². The molecule has 0 bridgehead atoms. The molecule has 0 saturated heterocycles. The largest absolute Gasteiger partial charge is 0.481 e. The van der Waals surface area contributed by atoms with Crippen molar-refractivity contribution >= 4 is 11.9 Å². The number of carboxylic acids is 2. The van der Waals surface area contributed by atoms with Gasteiger partial charge in [0.05, 0.1) is 11.0 Å². The minimum absolute atomic E-state index is 0.0394. The zero-order valence-corrected chi connectivity index (χ0v) is 12.4. The lowest BCUT2D eigenvalue weighted by Gasteiger charge is -2.40. The van der Waals surface area contributed by atoms with Gasteiger partial charge in [0.25, 0.3) is 0 Å². The normalized spacial score (nSPS) is 15.9. The summed E-state index contributed by atoms with van der Waals surface area (Å²) in [7, 11) is 0. The van der Waals surface area contributed by atoms with Crippen LogP contribution in [0.3, 0.4) is 0 Å². The van der Waals surface area contributed by atoms with Crippen LogP contribution < -0.4 is 0 Å². The molecule has 0 rings (SSSR count). The van der Waals surface area contributed by atoms with Crippen LogP contribution in [0.2, 0.25) is 0 Å². The summed E-state index contributed by atoms with van der Waals surface area (Å²) in [6, 6.07) is 0. The van der Waals surface area contributed by atoms with Crippen LogP contribution in [-0.4, -0.2) is 33.4 Å². The number of carboxylic acid groups (broad SMARTS) is 2. The second-order valence-corrected chi connectivity index (χ2v) is 6.33. The van der Waals surface area contributed by atoms with Gasteiger partial charge in [0.15, 0.2) is 0 Å². The fourth-order valence-corrected chi connectivity index (χ4v) is 1.25. The Hall–Kier alpha value is -1.14. The maximum absolute atomic E-state index is 11.4. The molecule has 0 aromatic heterocycles. The molecule has 0 heterocycles. The predicted molar refractivity (Wildman–Crippen MR) is 68.6 cm³/mol. The van der Waals surface area contributed by atoms with E-state index in [9.17, 15) is 14.7 Å². The molecule has 0 radical (unpaired) electrons. The Balaban J connectivity index is 5.12. The molecule has 112 valence electrons. The standard InChI is InChI=1S/C13H24O6/c1-11(2,3)18-19-13(6,8-7-9(14)15)12(4,5)10(16)17/h7-8H2,1-6H3,(H,14,15)(H,16,17). The molecule has 19 heavy (non-hydrogen) atoms. The van der Waals surface area contributed by atoms with Crippen molar-refractivity contribution in [2.45, 2.75) is 65.6 Å². The van der Waals surface area contributed by atoms with Gasteiger partial charge in [-0.05, 0) is 48.0 Å². The zero-order chi connectivity index (χ0) is 15.5. The first-order valence-electron chi connectivity index (χ1n) is 6.14. The average Bonchev–Trinajstić information content (AvgIpc) is 2.22. The van der Waals surface area contributed by atoms with Crippen LogP contribution in [0.1, 0.15) is 54.4 Å². The molecule has 0 amide bonds. The minimum atomic E-state index is -1.28. The molecule has 0 aliphatic heterocycles. The Labute approximate surface area is 113 Å². The van der Waals surface area contributed by atoms with Gasteiger partial charge in [0.1, 0.15) is 5.60 Å². The highest BCUT2D eigenvalue weighted by Crippen LogP contribution is 2.39. The van der Waals surface area contributed by atoms with Crippen LogP contribution in [0.25, 0.3) is 0 Å². The maximum Gasteiger partial charge on any atom is 0.312 e. The average molecular weight is 276 g/mol. The molecule has 2 N–H and O–H groups in total. The Morgan fingerprint density at radius 1 is 0.947 bits per heavy atom. The van der Waals surface area contributed by atoms with Gasteiger partial charge in [-0.1, -0.05) is 0 Å². The van der Waals surface area contributed by atoms with Crippen LogP contribution >= 0.6 is 0 Å². The van der Waals surface area contributed by atoms with E-state index in [1.165, 1.54) is 13.8 Å². The smallest absolute Gasteiger partial charge is 0.312 e. The van der Waals surface area contributed by atoms with Gasteiger partial charge < -0.3 is 10.2 Å². The number of rotatable bonds is 7. The third-order valence-electron chi connectivity index (χ3n) is 3.15. The van der Waals surface area contributed by atoms with Crippen LogP contribution in [0.4, 0.5) is 0 Å². The summed E-state index contributed by atoms with van der Waals surface area (Å²) < 4.78 is 0. The second kappa shape index (κ2) is 5.88. The molecule has 0 spiro atoms. The lowest BCUT2D eigenvalue weighted by Crippen LogP contribution is -2.50. The van der Waals surface area contributed by atoms with Crippen molar-refractivity contribution in [2.24, 2.45) is 5.41 Å². The van der Waals surface area contributed by atoms with E-state index in [0.29, 0.717) is 0 Å². The third-order valence-corrected chi connectivity index (χ3v) is 3.15. The van der Waals surface area contributed by atoms with Crippen LogP contribution in [-0.2, 0) is 19.4 Å². The number of hydrogen-bond donors (Lipinski definition) is 2. The van der Waals surface area contributed by atoms with E-state index in [1.54, 1.807) is 27.7 Å². The summed E-state index contributed by atoms with van der Waals surface area (Å²) in [5.41, 5.74) is -3.14. The van der Waals surface area contributed by atoms with Crippen molar-refractivity contribution in [3.8, 4) is 0 Å². The molecular weight excluding hydrogens is 252 g/mol. The summed E-state index contributed by atoms with van der Waals surface area (Å²) in [5.74, 6) is -2.08. The van der Waals surface area contributed by atoms with E-state index < -0.39 is 28.6 Å². The highest BCUT2D eigenvalue weighted by molar-refractivity contribution is 5.75. The summed E-state index contributed by atoms with van der Waals surface area (Å²) in [6.45, 7) is 9.82. The summed E-state index contributed by atoms with van der Waals surface area (Å²) >= 11 is 0. The first-order valence-corrected chi connectivity index (χ1v) is 6.14. The Morgan fingerprint density at radius 2 is 1.42 bits per heavy atom. The van der Waals surface area contributed by atoms with Crippen LogP contribution in [0.15, 0.2) is 0 Å². The Kier molecular flexibility index (Phi) is 5.53. The quantitative estimate of drug-likeness (QED) is 0.548. The van der Waals surface area contributed by atoms with E-state index in [-0.39, 0.29) is 12.8 Å². The first kappa shape index (κ1) is 17.9. The minimum Gasteiger partial charge on any atom is -0.481 e. The summed E-state index contributed by atoms with van der Waals surface area (Å²) in [5, 5.41) is 18.1. The second-order valence-electron chi connectivity index (χ2n) is 6.33. The molecular formula is C13H24O6. The van der Waals surface area contributed by atoms with Gasteiger partial charge >= 0.3 is 11.9 Å². The molecule has 1 unspecified atom stereocenters. The fraction of sp³-hybridized carbons (Fsp3) is 0.846. The van der Waals surface area contributed by atoms with Crippen molar-refractivity contribution in [3.05, 3.63) is 0 Å². The molecule has 0 aromatic rings. The fourth-order valence-electron chi connectivity index (χ4n) is 1.25. The molecule has 1 atom stereocenters. The van der Waals surface area contributed by atoms with E-state index in [2.05, 4.69) is 0 Å². The molecule has 6 nitrogen and oxygen atoms in total. The van der Waals surface area contributed by atoms with Gasteiger partial charge in [0, 0.05) is 6.42 Å². The Morgan fingerprint density at radius 3 is 1.74 bits per heavy atom. The SMILES string of the molecule is CC(C)(C)OOC(C)(CCC(=O)O)C(C)(C)C(=O)O. The van der Waals surface area contributed by atoms with E-state index in [1.807, 2.05) is 0 Å². The Bertz CT molecular complexity index is 342. The van der Waals surface area contributed by atoms with Gasteiger partial charge in [-0.2, -0.15) is 0 Å². The van der Waals surface area contributed by atoms with Crippen molar-refractivity contribution in [1.29, 1.82) is 0 Å². The first-order chi connectivity index (χ1) is 8.32. The van der Waals surface area contributed by atoms with Crippen molar-refractivity contribution in [3.63, 3.8) is 0 Å². The van der Waals surface area contributed by atoms with E-state index in [0.717, 1.165) is 0 Å². The highest BCUT2D eigenvalue weighted by atomic mass is 17.2. The molecule has 6 heteroatoms. The van der Waals surface area contributed by atoms with E-state index in [4.69, 9.17) is 14.9 Å². The van der Waals surface area contributed by atoms with Gasteiger partial charge in [0.2, 0.25) is 0 Å². The summed E-state index contributed by atoms with van der Waals surface area (Å²) in [6.07, 6.45) is -0.154. The molecule has 0 aliphatic carbocycles. The third kappa shape index (κ3) is 5.16. The number of aliphatic carboxylic acids is 2.